The van der Waals surface area contributed by atoms with Gasteiger partial charge in [-0.3, -0.25) is 14.6 Å². The molecule has 1 aliphatic rings. The van der Waals surface area contributed by atoms with E-state index in [0.717, 1.165) is 36.3 Å². The standard InChI is InChI=1S/C20H23N5O2S/c1-12(2)14-11-18(26)23-20(21-14)25-17(22-19(27)13-6-3-4-7-13)10-15(24-25)16-8-5-9-28-16/h5,8-13H,3-4,6-7H2,1-2H3,(H,22,27)(H,21,23,26). The second-order valence-electron chi connectivity index (χ2n) is 7.42. The van der Waals surface area contributed by atoms with Crippen molar-refractivity contribution in [2.45, 2.75) is 45.4 Å². The molecule has 0 aliphatic heterocycles. The predicted molar refractivity (Wildman–Crippen MR) is 110 cm³/mol. The molecule has 28 heavy (non-hydrogen) atoms. The first-order valence-corrected chi connectivity index (χ1v) is 10.5. The van der Waals surface area contributed by atoms with Crippen LogP contribution in [0.1, 0.15) is 51.1 Å². The molecule has 1 aliphatic carbocycles. The van der Waals surface area contributed by atoms with Gasteiger partial charge < -0.3 is 5.32 Å². The minimum Gasteiger partial charge on any atom is -0.310 e. The minimum absolute atomic E-state index is 0.00117. The van der Waals surface area contributed by atoms with E-state index in [1.165, 1.54) is 10.7 Å². The number of hydrogen-bond donors (Lipinski definition) is 2. The maximum Gasteiger partial charge on any atom is 0.252 e. The molecule has 1 fully saturated rings. The summed E-state index contributed by atoms with van der Waals surface area (Å²) in [4.78, 5) is 33.1. The van der Waals surface area contributed by atoms with Gasteiger partial charge in [0, 0.05) is 18.1 Å². The van der Waals surface area contributed by atoms with Crippen LogP contribution in [0.15, 0.2) is 34.4 Å². The smallest absolute Gasteiger partial charge is 0.252 e. The number of amides is 1. The van der Waals surface area contributed by atoms with Crippen LogP contribution in [-0.4, -0.2) is 25.7 Å². The van der Waals surface area contributed by atoms with Crippen LogP contribution < -0.4 is 10.9 Å². The highest BCUT2D eigenvalue weighted by Crippen LogP contribution is 2.30. The van der Waals surface area contributed by atoms with Gasteiger partial charge in [0.1, 0.15) is 11.5 Å². The van der Waals surface area contributed by atoms with E-state index in [4.69, 9.17) is 0 Å². The number of H-pyrrole nitrogens is 1. The molecule has 7 nitrogen and oxygen atoms in total. The van der Waals surface area contributed by atoms with Crippen molar-refractivity contribution in [1.29, 1.82) is 0 Å². The molecule has 1 saturated carbocycles. The van der Waals surface area contributed by atoms with E-state index in [0.29, 0.717) is 17.5 Å². The molecular formula is C20H23N5O2S. The quantitative estimate of drug-likeness (QED) is 0.682. The fraction of sp³-hybridized carbons (Fsp3) is 0.400. The highest BCUT2D eigenvalue weighted by Gasteiger charge is 2.25. The van der Waals surface area contributed by atoms with E-state index in [1.807, 2.05) is 37.4 Å². The molecule has 2 N–H and O–H groups in total. The molecule has 3 aromatic heterocycles. The van der Waals surface area contributed by atoms with E-state index < -0.39 is 0 Å². The molecule has 1 amide bonds. The average molecular weight is 398 g/mol. The Bertz CT molecular complexity index is 1030. The SMILES string of the molecule is CC(C)c1cc(=O)[nH]c(-n2nc(-c3cccs3)cc2NC(=O)C2CCCC2)n1. The summed E-state index contributed by atoms with van der Waals surface area (Å²) in [6.07, 6.45) is 4.00. The molecule has 146 valence electrons. The Labute approximate surface area is 166 Å². The molecule has 3 aromatic rings. The summed E-state index contributed by atoms with van der Waals surface area (Å²) in [5.74, 6) is 0.955. The van der Waals surface area contributed by atoms with Gasteiger partial charge in [-0.2, -0.15) is 9.78 Å². The number of rotatable bonds is 5. The molecule has 8 heteroatoms. The van der Waals surface area contributed by atoms with E-state index in [1.54, 1.807) is 11.3 Å². The highest BCUT2D eigenvalue weighted by molar-refractivity contribution is 7.13. The molecule has 0 saturated heterocycles. The van der Waals surface area contributed by atoms with Crippen LogP contribution in [0.5, 0.6) is 0 Å². The molecule has 0 atom stereocenters. The molecule has 0 aromatic carbocycles. The average Bonchev–Trinajstić information content (AvgIpc) is 3.41. The normalized spacial score (nSPS) is 14.7. The van der Waals surface area contributed by atoms with Gasteiger partial charge >= 0.3 is 0 Å². The lowest BCUT2D eigenvalue weighted by atomic mass is 10.1. The van der Waals surface area contributed by atoms with Crippen molar-refractivity contribution < 1.29 is 4.79 Å². The fourth-order valence-electron chi connectivity index (χ4n) is 3.45. The van der Waals surface area contributed by atoms with Crippen LogP contribution in [0.25, 0.3) is 16.5 Å². The van der Waals surface area contributed by atoms with E-state index in [2.05, 4.69) is 20.4 Å². The first-order valence-electron chi connectivity index (χ1n) is 9.57. The van der Waals surface area contributed by atoms with Crippen LogP contribution in [0.4, 0.5) is 5.82 Å². The van der Waals surface area contributed by atoms with Gasteiger partial charge in [0.25, 0.3) is 5.56 Å². The summed E-state index contributed by atoms with van der Waals surface area (Å²) in [5, 5.41) is 9.61. The van der Waals surface area contributed by atoms with Gasteiger partial charge in [-0.1, -0.05) is 32.8 Å². The molecule has 0 spiro atoms. The summed E-state index contributed by atoms with van der Waals surface area (Å²) in [7, 11) is 0. The van der Waals surface area contributed by atoms with Gasteiger partial charge in [-0.05, 0) is 30.2 Å². The van der Waals surface area contributed by atoms with Crippen LogP contribution in [0, 0.1) is 5.92 Å². The highest BCUT2D eigenvalue weighted by atomic mass is 32.1. The molecule has 0 radical (unpaired) electrons. The monoisotopic (exact) mass is 397 g/mol. The van der Waals surface area contributed by atoms with E-state index >= 15 is 0 Å². The Kier molecular flexibility index (Phi) is 5.13. The number of thiophene rings is 1. The number of aromatic nitrogens is 4. The summed E-state index contributed by atoms with van der Waals surface area (Å²) in [5.41, 5.74) is 1.17. The molecule has 0 bridgehead atoms. The molecule has 4 rings (SSSR count). The summed E-state index contributed by atoms with van der Waals surface area (Å²) in [6, 6.07) is 7.26. The number of anilines is 1. The van der Waals surface area contributed by atoms with Gasteiger partial charge in [-0.25, -0.2) is 4.98 Å². The van der Waals surface area contributed by atoms with Crippen LogP contribution >= 0.6 is 11.3 Å². The number of aromatic amines is 1. The van der Waals surface area contributed by atoms with Crippen LogP contribution in [-0.2, 0) is 4.79 Å². The van der Waals surface area contributed by atoms with Crippen molar-refractivity contribution in [1.82, 2.24) is 19.7 Å². The minimum atomic E-state index is -0.241. The second-order valence-corrected chi connectivity index (χ2v) is 8.37. The van der Waals surface area contributed by atoms with Crippen molar-refractivity contribution in [3.05, 3.63) is 45.7 Å². The Morgan fingerprint density at radius 2 is 2.11 bits per heavy atom. The number of carbonyl (C=O) groups excluding carboxylic acids is 1. The zero-order chi connectivity index (χ0) is 19.7. The predicted octanol–water partition coefficient (Wildman–Crippen LogP) is 3.94. The van der Waals surface area contributed by atoms with Crippen molar-refractivity contribution in [2.24, 2.45) is 5.92 Å². The van der Waals surface area contributed by atoms with Gasteiger partial charge in [-0.15, -0.1) is 11.3 Å². The maximum absolute atomic E-state index is 12.7. The van der Waals surface area contributed by atoms with Gasteiger partial charge in [0.2, 0.25) is 11.9 Å². The Hall–Kier alpha value is -2.74. The topological polar surface area (TPSA) is 92.7 Å². The van der Waals surface area contributed by atoms with Crippen molar-refractivity contribution in [3.8, 4) is 16.5 Å². The summed E-state index contributed by atoms with van der Waals surface area (Å²) < 4.78 is 1.52. The van der Waals surface area contributed by atoms with Crippen molar-refractivity contribution >= 4 is 23.1 Å². The molecule has 0 unspecified atom stereocenters. The summed E-state index contributed by atoms with van der Waals surface area (Å²) in [6.45, 7) is 3.96. The Balaban J connectivity index is 1.76. The zero-order valence-corrected chi connectivity index (χ0v) is 16.8. The van der Waals surface area contributed by atoms with Crippen LogP contribution in [0.3, 0.4) is 0 Å². The van der Waals surface area contributed by atoms with Crippen LogP contribution in [0.2, 0.25) is 0 Å². The first kappa shape index (κ1) is 18.6. The van der Waals surface area contributed by atoms with Crippen molar-refractivity contribution in [3.63, 3.8) is 0 Å². The fourth-order valence-corrected chi connectivity index (χ4v) is 4.13. The van der Waals surface area contributed by atoms with E-state index in [9.17, 15) is 9.59 Å². The van der Waals surface area contributed by atoms with Crippen molar-refractivity contribution in [2.75, 3.05) is 5.32 Å². The Morgan fingerprint density at radius 1 is 1.32 bits per heavy atom. The second kappa shape index (κ2) is 7.71. The zero-order valence-electron chi connectivity index (χ0n) is 15.9. The number of nitrogens with one attached hydrogen (secondary N) is 2. The third-order valence-electron chi connectivity index (χ3n) is 5.00. The lowest BCUT2D eigenvalue weighted by molar-refractivity contribution is -0.119. The summed E-state index contributed by atoms with van der Waals surface area (Å²) >= 11 is 1.57. The number of hydrogen-bond acceptors (Lipinski definition) is 5. The number of carbonyl (C=O) groups is 1. The first-order chi connectivity index (χ1) is 13.5. The number of nitrogens with zero attached hydrogens (tertiary/aromatic N) is 3. The van der Waals surface area contributed by atoms with Gasteiger partial charge in [0.05, 0.1) is 10.6 Å². The third kappa shape index (κ3) is 3.77. The van der Waals surface area contributed by atoms with E-state index in [-0.39, 0.29) is 23.3 Å². The Morgan fingerprint density at radius 3 is 2.79 bits per heavy atom. The molecular weight excluding hydrogens is 374 g/mol. The lowest BCUT2D eigenvalue weighted by Gasteiger charge is -2.12. The largest absolute Gasteiger partial charge is 0.310 e. The van der Waals surface area contributed by atoms with Gasteiger partial charge in [0.15, 0.2) is 0 Å². The third-order valence-corrected chi connectivity index (χ3v) is 5.89. The molecule has 3 heterocycles. The maximum atomic E-state index is 12.7. The lowest BCUT2D eigenvalue weighted by Crippen LogP contribution is -2.23.